The van der Waals surface area contributed by atoms with Crippen LogP contribution in [-0.4, -0.2) is 44.2 Å². The van der Waals surface area contributed by atoms with Crippen LogP contribution in [0.4, 0.5) is 19.0 Å². The number of hydrogen-bond acceptors (Lipinski definition) is 4. The highest BCUT2D eigenvalue weighted by atomic mass is 19.4. The maximum absolute atomic E-state index is 13.8. The topological polar surface area (TPSA) is 63.1 Å². The fourth-order valence-electron chi connectivity index (χ4n) is 5.20. The lowest BCUT2D eigenvalue weighted by Crippen LogP contribution is -2.64. The molecule has 1 aliphatic carbocycles. The van der Waals surface area contributed by atoms with Crippen molar-refractivity contribution in [1.82, 2.24) is 19.7 Å². The van der Waals surface area contributed by atoms with Gasteiger partial charge in [-0.2, -0.15) is 18.3 Å². The summed E-state index contributed by atoms with van der Waals surface area (Å²) in [6.45, 7) is 2.55. The molecule has 0 spiro atoms. The number of pyridine rings is 1. The summed E-state index contributed by atoms with van der Waals surface area (Å²) in [5, 5.41) is 7.66. The third-order valence-electron chi connectivity index (χ3n) is 7.18. The van der Waals surface area contributed by atoms with Gasteiger partial charge < -0.3 is 10.2 Å². The number of fused-ring (bicyclic) bond motifs is 2. The van der Waals surface area contributed by atoms with E-state index in [1.165, 1.54) is 6.07 Å². The van der Waals surface area contributed by atoms with Crippen LogP contribution in [0.3, 0.4) is 0 Å². The molecule has 6 rings (SSSR count). The van der Waals surface area contributed by atoms with Crippen LogP contribution < -0.4 is 5.32 Å². The van der Waals surface area contributed by atoms with Crippen LogP contribution >= 0.6 is 0 Å². The lowest BCUT2D eigenvalue weighted by atomic mass is 9.64. The minimum atomic E-state index is -4.42. The van der Waals surface area contributed by atoms with E-state index in [4.69, 9.17) is 0 Å². The first-order valence-corrected chi connectivity index (χ1v) is 11.4. The average Bonchev–Trinajstić information content (AvgIpc) is 3.18. The number of hydrogen-bond donors (Lipinski definition) is 1. The van der Waals surface area contributed by atoms with Crippen molar-refractivity contribution in [3.05, 3.63) is 66.1 Å². The highest BCUT2D eigenvalue weighted by Crippen LogP contribution is 2.47. The molecule has 178 valence electrons. The highest BCUT2D eigenvalue weighted by Gasteiger charge is 2.51. The maximum atomic E-state index is 13.8. The number of nitrogens with zero attached hydrogens (tertiary/aromatic N) is 4. The van der Waals surface area contributed by atoms with E-state index in [2.05, 4.69) is 22.3 Å². The first-order chi connectivity index (χ1) is 16.2. The van der Waals surface area contributed by atoms with Crippen LogP contribution in [0.25, 0.3) is 11.1 Å². The van der Waals surface area contributed by atoms with Gasteiger partial charge in [0.1, 0.15) is 5.82 Å². The van der Waals surface area contributed by atoms with Crippen LogP contribution in [0.2, 0.25) is 0 Å². The molecule has 34 heavy (non-hydrogen) atoms. The van der Waals surface area contributed by atoms with Crippen LogP contribution in [0.15, 0.2) is 54.9 Å². The van der Waals surface area contributed by atoms with Gasteiger partial charge in [-0.25, -0.2) is 4.98 Å². The number of anilines is 1. The smallest absolute Gasteiger partial charge is 0.368 e. The second-order valence-electron chi connectivity index (χ2n) is 9.27. The van der Waals surface area contributed by atoms with Crippen molar-refractivity contribution in [2.45, 2.75) is 38.0 Å². The molecule has 2 bridgehead atoms. The zero-order valence-corrected chi connectivity index (χ0v) is 19.0. The minimum absolute atomic E-state index is 0.110. The highest BCUT2D eigenvalue weighted by molar-refractivity contribution is 5.99. The van der Waals surface area contributed by atoms with Crippen LogP contribution in [0.5, 0.6) is 0 Å². The maximum Gasteiger partial charge on any atom is 0.417 e. The van der Waals surface area contributed by atoms with Gasteiger partial charge in [0.2, 0.25) is 0 Å². The molecule has 2 aliphatic heterocycles. The molecule has 0 radical (unpaired) electrons. The van der Waals surface area contributed by atoms with Crippen molar-refractivity contribution in [2.24, 2.45) is 18.9 Å². The van der Waals surface area contributed by atoms with Crippen LogP contribution in [0.1, 0.15) is 35.8 Å². The average molecular weight is 470 g/mol. The number of rotatable bonds is 5. The van der Waals surface area contributed by atoms with Gasteiger partial charge in [-0.15, -0.1) is 0 Å². The van der Waals surface area contributed by atoms with Crippen molar-refractivity contribution >= 4 is 11.7 Å². The summed E-state index contributed by atoms with van der Waals surface area (Å²) in [7, 11) is 1.80. The van der Waals surface area contributed by atoms with Crippen molar-refractivity contribution in [2.75, 3.05) is 11.9 Å². The second kappa shape index (κ2) is 8.45. The second-order valence-corrected chi connectivity index (χ2v) is 9.27. The number of carbonyl (C=O) groups excluding carboxylic acids is 1. The van der Waals surface area contributed by atoms with Crippen LogP contribution in [-0.2, 0) is 13.2 Å². The lowest BCUT2D eigenvalue weighted by molar-refractivity contribution is -0.137. The predicted molar refractivity (Wildman–Crippen MR) is 122 cm³/mol. The predicted octanol–water partition coefficient (Wildman–Crippen LogP) is 4.85. The van der Waals surface area contributed by atoms with E-state index in [-0.39, 0.29) is 23.9 Å². The molecule has 1 saturated carbocycles. The van der Waals surface area contributed by atoms with Crippen molar-refractivity contribution in [1.29, 1.82) is 0 Å². The Kier molecular flexibility index (Phi) is 5.58. The summed E-state index contributed by atoms with van der Waals surface area (Å²) in [5.74, 6) is 1.04. The molecule has 2 aromatic heterocycles. The van der Waals surface area contributed by atoms with E-state index in [1.807, 2.05) is 41.4 Å². The Labute approximate surface area is 195 Å². The molecule has 3 aromatic rings. The van der Waals surface area contributed by atoms with Gasteiger partial charge in [0.05, 0.1) is 11.6 Å². The standard InChI is InChI=1S/C25H26F3N5O/c1-15-17-10-19(11-17)33(21(15)13-30-22-9-8-18(12-29-22)25(26,27)28)24(34)23-20(14-32(2)31-23)16-6-4-3-5-7-16/h3-9,12,14-15,17,19,21H,10-11,13H2,1-2H3,(H,29,30)/t15-,17?,19?,21-/m0/s1. The normalized spacial score (nSPS) is 24.0. The Balaban J connectivity index is 1.39. The molecular formula is C25H26F3N5O. The zero-order valence-electron chi connectivity index (χ0n) is 19.0. The third kappa shape index (κ3) is 4.03. The lowest BCUT2D eigenvalue weighted by Gasteiger charge is -2.57. The first-order valence-electron chi connectivity index (χ1n) is 11.4. The summed E-state index contributed by atoms with van der Waals surface area (Å²) in [6, 6.07) is 12.1. The summed E-state index contributed by atoms with van der Waals surface area (Å²) >= 11 is 0. The molecule has 1 amide bonds. The Morgan fingerprint density at radius 2 is 1.88 bits per heavy atom. The van der Waals surface area contributed by atoms with Crippen LogP contribution in [0, 0.1) is 11.8 Å². The Hall–Kier alpha value is -3.36. The fourth-order valence-corrected chi connectivity index (χ4v) is 5.20. The molecule has 1 N–H and O–H groups in total. The molecule has 4 heterocycles. The van der Waals surface area contributed by atoms with E-state index in [9.17, 15) is 18.0 Å². The number of amides is 1. The van der Waals surface area contributed by atoms with E-state index in [0.717, 1.165) is 36.2 Å². The van der Waals surface area contributed by atoms with Gasteiger partial charge in [-0.05, 0) is 42.4 Å². The Morgan fingerprint density at radius 1 is 1.15 bits per heavy atom. The van der Waals surface area contributed by atoms with Crippen molar-refractivity contribution < 1.29 is 18.0 Å². The Morgan fingerprint density at radius 3 is 2.53 bits per heavy atom. The minimum Gasteiger partial charge on any atom is -0.368 e. The molecule has 3 fully saturated rings. The van der Waals surface area contributed by atoms with Gasteiger partial charge in [0.25, 0.3) is 5.91 Å². The number of carbonyl (C=O) groups is 1. The molecule has 0 unspecified atom stereocenters. The molecule has 2 saturated heterocycles. The summed E-state index contributed by atoms with van der Waals surface area (Å²) in [6.07, 6.45) is 0.198. The number of alkyl halides is 3. The molecular weight excluding hydrogens is 443 g/mol. The summed E-state index contributed by atoms with van der Waals surface area (Å²) in [5.41, 5.74) is 1.35. The van der Waals surface area contributed by atoms with Gasteiger partial charge in [-0.1, -0.05) is 37.3 Å². The van der Waals surface area contributed by atoms with E-state index < -0.39 is 11.7 Å². The number of halogens is 3. The molecule has 2 atom stereocenters. The van der Waals surface area contributed by atoms with Gasteiger partial charge >= 0.3 is 6.18 Å². The Bertz CT molecular complexity index is 1170. The van der Waals surface area contributed by atoms with Crippen molar-refractivity contribution in [3.8, 4) is 11.1 Å². The van der Waals surface area contributed by atoms with E-state index in [0.29, 0.717) is 24.0 Å². The summed E-state index contributed by atoms with van der Waals surface area (Å²) < 4.78 is 40.2. The van der Waals surface area contributed by atoms with Gasteiger partial charge in [0.15, 0.2) is 5.69 Å². The van der Waals surface area contributed by atoms with E-state index >= 15 is 0 Å². The number of nitrogens with one attached hydrogen (secondary N) is 1. The first kappa shape index (κ1) is 22.4. The SMILES string of the molecule is C[C@H]1C2CC(C2)N(C(=O)c2nn(C)cc2-c2ccccc2)[C@H]1CNc1ccc(C(F)(F)F)cn1. The molecule has 9 heteroatoms. The quantitative estimate of drug-likeness (QED) is 0.580. The number of benzene rings is 1. The van der Waals surface area contributed by atoms with Gasteiger partial charge in [0, 0.05) is 37.6 Å². The van der Waals surface area contributed by atoms with E-state index in [1.54, 1.807) is 11.7 Å². The van der Waals surface area contributed by atoms with Crippen molar-refractivity contribution in [3.63, 3.8) is 0 Å². The molecule has 6 nitrogen and oxygen atoms in total. The fraction of sp³-hybridized carbons (Fsp3) is 0.400. The molecule has 1 aromatic carbocycles. The largest absolute Gasteiger partial charge is 0.417 e. The monoisotopic (exact) mass is 469 g/mol. The number of aryl methyl sites for hydroxylation is 1. The number of piperidine rings is 2. The zero-order chi connectivity index (χ0) is 24.0. The third-order valence-corrected chi connectivity index (χ3v) is 7.18. The summed E-state index contributed by atoms with van der Waals surface area (Å²) in [4.78, 5) is 19.7. The van der Waals surface area contributed by atoms with Gasteiger partial charge in [-0.3, -0.25) is 9.48 Å². The number of aromatic nitrogens is 3. The molecule has 3 aliphatic rings.